The Hall–Kier alpha value is -1.19. The van der Waals surface area contributed by atoms with Crippen LogP contribution < -0.4 is 11.1 Å². The Morgan fingerprint density at radius 1 is 1.56 bits per heavy atom. The molecule has 0 fully saturated rings. The van der Waals surface area contributed by atoms with E-state index in [1.54, 1.807) is 19.1 Å². The number of amides is 1. The molecule has 0 bridgehead atoms. The molecule has 0 saturated heterocycles. The zero-order valence-electron chi connectivity index (χ0n) is 9.68. The molecule has 1 rings (SSSR count). The van der Waals surface area contributed by atoms with Crippen LogP contribution in [0.1, 0.15) is 6.92 Å². The summed E-state index contributed by atoms with van der Waals surface area (Å²) in [7, 11) is 0. The number of hydrogen-bond acceptors (Lipinski definition) is 3. The minimum absolute atomic E-state index is 0.202. The van der Waals surface area contributed by atoms with E-state index >= 15 is 0 Å². The van der Waals surface area contributed by atoms with Crippen molar-refractivity contribution in [3.63, 3.8) is 0 Å². The molecule has 0 saturated carbocycles. The summed E-state index contributed by atoms with van der Waals surface area (Å²) < 4.78 is 0.429. The predicted molar refractivity (Wildman–Crippen MR) is 72.4 cm³/mol. The number of benzene rings is 1. The van der Waals surface area contributed by atoms with E-state index in [1.807, 2.05) is 12.1 Å². The van der Waals surface area contributed by atoms with Gasteiger partial charge >= 0.3 is 123 Å². The van der Waals surface area contributed by atoms with E-state index in [0.29, 0.717) is 14.5 Å². The molecular weight excluding hydrogens is 418 g/mol. The van der Waals surface area contributed by atoms with Crippen molar-refractivity contribution >= 4 is 34.0 Å². The van der Waals surface area contributed by atoms with E-state index in [9.17, 15) is 4.79 Å². The van der Waals surface area contributed by atoms with Crippen molar-refractivity contribution in [1.29, 1.82) is 0 Å². The van der Waals surface area contributed by atoms with Crippen LogP contribution >= 0.6 is 12.6 Å². The summed E-state index contributed by atoms with van der Waals surface area (Å²) in [4.78, 5) is 16.5. The number of anilines is 1. The average molecular weight is 430 g/mol. The number of nitrogens with zero attached hydrogens (tertiary/aromatic N) is 1. The van der Waals surface area contributed by atoms with Gasteiger partial charge in [-0.1, -0.05) is 0 Å². The molecule has 0 radical (unpaired) electrons. The second-order valence-corrected chi connectivity index (χ2v) is 5.18. The Morgan fingerprint density at radius 3 is 2.83 bits per heavy atom. The first-order chi connectivity index (χ1) is 8.56. The van der Waals surface area contributed by atoms with Crippen molar-refractivity contribution in [2.45, 2.75) is 11.8 Å². The summed E-state index contributed by atoms with van der Waals surface area (Å²) in [5.74, 6) is -0.0641. The predicted octanol–water partition coefficient (Wildman–Crippen LogP) is 1.33. The SMILES string of the molecule is C[C-]=CN=C(N)[C](=[W])C(=O)Nc1ccccc1S. The summed E-state index contributed by atoms with van der Waals surface area (Å²) in [6.45, 7) is 1.70. The number of carbonyl (C=O) groups excluding carboxylic acids is 1. The van der Waals surface area contributed by atoms with Crippen LogP contribution in [0.5, 0.6) is 0 Å². The van der Waals surface area contributed by atoms with E-state index in [4.69, 9.17) is 5.73 Å². The van der Waals surface area contributed by atoms with Gasteiger partial charge in [-0.15, -0.1) is 0 Å². The number of hydrogen-bond donors (Lipinski definition) is 3. The van der Waals surface area contributed by atoms with Crippen LogP contribution in [0.2, 0.25) is 0 Å². The first-order valence-corrected chi connectivity index (χ1v) is 6.93. The fourth-order valence-electron chi connectivity index (χ4n) is 1.07. The van der Waals surface area contributed by atoms with Gasteiger partial charge in [0.15, 0.2) is 0 Å². The zero-order chi connectivity index (χ0) is 13.5. The quantitative estimate of drug-likeness (QED) is 0.292. The van der Waals surface area contributed by atoms with Gasteiger partial charge in [-0.2, -0.15) is 0 Å². The number of nitrogens with two attached hydrogens (primary N) is 1. The molecule has 1 amide bonds. The normalized spacial score (nSPS) is 11.6. The third-order valence-corrected chi connectivity index (χ3v) is 3.73. The third-order valence-electron chi connectivity index (χ3n) is 1.92. The Kier molecular flexibility index (Phi) is 6.02. The molecule has 0 spiro atoms. The van der Waals surface area contributed by atoms with Crippen molar-refractivity contribution in [2.75, 3.05) is 5.32 Å². The number of rotatable bonds is 4. The van der Waals surface area contributed by atoms with Crippen LogP contribution in [0.15, 0.2) is 40.4 Å². The van der Waals surface area contributed by atoms with Crippen LogP contribution in [0.3, 0.4) is 0 Å². The van der Waals surface area contributed by atoms with Gasteiger partial charge < -0.3 is 0 Å². The molecule has 0 aliphatic heterocycles. The van der Waals surface area contributed by atoms with Gasteiger partial charge in [-0.3, -0.25) is 0 Å². The van der Waals surface area contributed by atoms with Crippen LogP contribution in [0, 0.1) is 6.08 Å². The van der Waals surface area contributed by atoms with Gasteiger partial charge in [-0.25, -0.2) is 0 Å². The minimum atomic E-state index is -0.266. The van der Waals surface area contributed by atoms with Crippen LogP contribution in [-0.4, -0.2) is 15.6 Å². The second-order valence-electron chi connectivity index (χ2n) is 3.23. The summed E-state index contributed by atoms with van der Waals surface area (Å²) in [5, 5.41) is 2.74. The Morgan fingerprint density at radius 2 is 2.22 bits per heavy atom. The molecule has 6 heteroatoms. The van der Waals surface area contributed by atoms with E-state index < -0.39 is 0 Å². The molecule has 18 heavy (non-hydrogen) atoms. The van der Waals surface area contributed by atoms with Gasteiger partial charge in [0.25, 0.3) is 0 Å². The van der Waals surface area contributed by atoms with Gasteiger partial charge in [0, 0.05) is 0 Å². The van der Waals surface area contributed by atoms with Crippen molar-refractivity contribution in [3.05, 3.63) is 36.5 Å². The molecule has 0 heterocycles. The van der Waals surface area contributed by atoms with Crippen molar-refractivity contribution < 1.29 is 24.1 Å². The molecule has 0 aliphatic rings. The monoisotopic (exact) mass is 430 g/mol. The second kappa shape index (κ2) is 7.29. The Bertz CT molecular complexity index is 526. The zero-order valence-corrected chi connectivity index (χ0v) is 13.5. The standard InChI is InChI=1S/C12H12N3OS.W/c1-2-7-14-11(13)8-12(16)15-9-5-3-4-6-10(9)17;/h3-7,17H,1H3,(H2,13,14)(H,15,16);/q-1;. The number of nitrogens with one attached hydrogen (secondary N) is 1. The van der Waals surface area contributed by atoms with Crippen LogP contribution in [-0.2, 0) is 24.1 Å². The summed E-state index contributed by atoms with van der Waals surface area (Å²) in [5.41, 5.74) is 6.33. The Labute approximate surface area is 122 Å². The summed E-state index contributed by atoms with van der Waals surface area (Å²) >= 11 is 5.20. The molecule has 0 unspecified atom stereocenters. The van der Waals surface area contributed by atoms with E-state index in [1.165, 1.54) is 6.20 Å². The average Bonchev–Trinajstić information content (AvgIpc) is 2.37. The molecule has 1 aromatic rings. The molecule has 4 nitrogen and oxygen atoms in total. The fraction of sp³-hybridized carbons (Fsp3) is 0.0833. The van der Waals surface area contributed by atoms with E-state index in [0.717, 1.165) is 19.4 Å². The Balaban J connectivity index is 2.78. The van der Waals surface area contributed by atoms with Gasteiger partial charge in [0.05, 0.1) is 0 Å². The topological polar surface area (TPSA) is 67.5 Å². The molecular formula is C12H12N3OSW-. The number of carbonyl (C=O) groups is 1. The number of amidine groups is 1. The maximum absolute atomic E-state index is 11.9. The van der Waals surface area contributed by atoms with Crippen molar-refractivity contribution in [2.24, 2.45) is 10.7 Å². The number of aliphatic imine (C=N–C) groups is 1. The summed E-state index contributed by atoms with van der Waals surface area (Å²) in [6.07, 6.45) is 4.14. The first-order valence-electron chi connectivity index (χ1n) is 5.02. The molecule has 3 N–H and O–H groups in total. The fourth-order valence-corrected chi connectivity index (χ4v) is 1.66. The van der Waals surface area contributed by atoms with Crippen LogP contribution in [0.25, 0.3) is 0 Å². The van der Waals surface area contributed by atoms with Crippen molar-refractivity contribution in [1.82, 2.24) is 0 Å². The molecule has 1 aromatic carbocycles. The van der Waals surface area contributed by atoms with Crippen LogP contribution in [0.4, 0.5) is 5.69 Å². The molecule has 0 atom stereocenters. The van der Waals surface area contributed by atoms with Crippen molar-refractivity contribution in [3.8, 4) is 0 Å². The first kappa shape index (κ1) is 14.9. The molecule has 94 valence electrons. The summed E-state index contributed by atoms with van der Waals surface area (Å²) in [6, 6.07) is 7.24. The maximum atomic E-state index is 11.9. The molecule has 0 aromatic heterocycles. The number of thiol groups is 1. The van der Waals surface area contributed by atoms with E-state index in [-0.39, 0.29) is 11.7 Å². The number of para-hydroxylation sites is 1. The third kappa shape index (κ3) is 4.24. The van der Waals surface area contributed by atoms with Gasteiger partial charge in [0.2, 0.25) is 0 Å². The van der Waals surface area contributed by atoms with E-state index in [2.05, 4.69) is 29.0 Å². The number of allylic oxidation sites excluding steroid dienone is 1. The van der Waals surface area contributed by atoms with Gasteiger partial charge in [-0.05, 0) is 0 Å². The van der Waals surface area contributed by atoms with Gasteiger partial charge in [0.1, 0.15) is 0 Å². The molecule has 0 aliphatic carbocycles.